The van der Waals surface area contributed by atoms with Crippen molar-refractivity contribution in [1.82, 2.24) is 9.88 Å². The quantitative estimate of drug-likeness (QED) is 0.692. The monoisotopic (exact) mass is 386 g/mol. The molecule has 2 unspecified atom stereocenters. The Morgan fingerprint density at radius 3 is 2.75 bits per heavy atom. The van der Waals surface area contributed by atoms with Crippen LogP contribution < -0.4 is 4.74 Å². The third kappa shape index (κ3) is 4.10. The van der Waals surface area contributed by atoms with Crippen LogP contribution in [0.1, 0.15) is 24.5 Å². The van der Waals surface area contributed by atoms with Crippen LogP contribution in [0, 0.1) is 11.8 Å². The number of carbonyl (C=O) groups is 1. The molecule has 7 heteroatoms. The summed E-state index contributed by atoms with van der Waals surface area (Å²) in [6.45, 7) is 6.07. The third-order valence-corrected chi connectivity index (χ3v) is 5.82. The van der Waals surface area contributed by atoms with Gasteiger partial charge in [0.05, 0.1) is 18.7 Å². The van der Waals surface area contributed by atoms with Crippen LogP contribution in [0.2, 0.25) is 0 Å². The molecule has 150 valence electrons. The molecule has 28 heavy (non-hydrogen) atoms. The minimum Gasteiger partial charge on any atom is -0.497 e. The van der Waals surface area contributed by atoms with Crippen LogP contribution in [0.3, 0.4) is 0 Å². The van der Waals surface area contributed by atoms with Crippen molar-refractivity contribution in [2.75, 3.05) is 20.2 Å². The van der Waals surface area contributed by atoms with Crippen LogP contribution in [-0.2, 0) is 0 Å². The van der Waals surface area contributed by atoms with E-state index in [1.165, 1.54) is 6.42 Å². The molecule has 0 spiro atoms. The van der Waals surface area contributed by atoms with Crippen LogP contribution >= 0.6 is 0 Å². The highest BCUT2D eigenvalue weighted by molar-refractivity contribution is 5.83. The number of nitrogens with zero attached hydrogens (tertiary/aromatic N) is 2. The number of pyridine rings is 1. The maximum Gasteiger partial charge on any atom is 0.503 e. The number of benzene rings is 1. The predicted molar refractivity (Wildman–Crippen MR) is 106 cm³/mol. The highest BCUT2D eigenvalue weighted by Crippen LogP contribution is 2.42. The molecule has 2 aromatic rings. The number of aromatic nitrogens is 1. The van der Waals surface area contributed by atoms with E-state index in [1.54, 1.807) is 13.3 Å². The molecular weight excluding hydrogens is 360 g/mol. The first-order valence-electron chi connectivity index (χ1n) is 9.33. The summed E-state index contributed by atoms with van der Waals surface area (Å²) in [5, 5.41) is 26.1. The van der Waals surface area contributed by atoms with Crippen LogP contribution in [0.5, 0.6) is 5.75 Å². The van der Waals surface area contributed by atoms with Crippen LogP contribution in [0.25, 0.3) is 10.9 Å². The van der Waals surface area contributed by atoms with Crippen molar-refractivity contribution in [3.63, 3.8) is 0 Å². The molecule has 2 bridgehead atoms. The van der Waals surface area contributed by atoms with Gasteiger partial charge in [0.25, 0.3) is 0 Å². The molecule has 7 nitrogen and oxygen atoms in total. The van der Waals surface area contributed by atoms with Gasteiger partial charge in [-0.1, -0.05) is 6.08 Å². The number of fused-ring (bicyclic) bond motifs is 4. The number of carboxylic acid groups (broad SMARTS) is 2. The minimum atomic E-state index is -1.83. The lowest BCUT2D eigenvalue weighted by atomic mass is 9.73. The van der Waals surface area contributed by atoms with Gasteiger partial charge in [0, 0.05) is 24.2 Å². The van der Waals surface area contributed by atoms with Crippen LogP contribution in [-0.4, -0.2) is 57.6 Å². The van der Waals surface area contributed by atoms with Gasteiger partial charge in [-0.3, -0.25) is 9.88 Å². The summed E-state index contributed by atoms with van der Waals surface area (Å²) in [6, 6.07) is 7.96. The number of piperidine rings is 3. The number of methoxy groups -OCH3 is 1. The van der Waals surface area contributed by atoms with E-state index < -0.39 is 12.3 Å². The lowest BCUT2D eigenvalue weighted by molar-refractivity contribution is -0.0444. The zero-order valence-electron chi connectivity index (χ0n) is 15.9. The topological polar surface area (TPSA) is 103 Å². The third-order valence-electron chi connectivity index (χ3n) is 5.82. The molecule has 5 rings (SSSR count). The molecule has 3 saturated heterocycles. The average molecular weight is 386 g/mol. The molecule has 1 aromatic heterocycles. The summed E-state index contributed by atoms with van der Waals surface area (Å²) in [4.78, 5) is 15.4. The molecule has 3 aliphatic rings. The highest BCUT2D eigenvalue weighted by Gasteiger charge is 2.42. The van der Waals surface area contributed by atoms with E-state index in [4.69, 9.17) is 19.7 Å². The van der Waals surface area contributed by atoms with E-state index in [0.29, 0.717) is 11.8 Å². The first-order chi connectivity index (χ1) is 13.4. The molecule has 3 aliphatic heterocycles. The lowest BCUT2D eigenvalue weighted by Gasteiger charge is -2.50. The number of ether oxygens (including phenoxy) is 1. The second-order valence-corrected chi connectivity index (χ2v) is 7.26. The zero-order valence-corrected chi connectivity index (χ0v) is 15.9. The van der Waals surface area contributed by atoms with Crippen molar-refractivity contribution < 1.29 is 24.9 Å². The second-order valence-electron chi connectivity index (χ2n) is 7.26. The van der Waals surface area contributed by atoms with Crippen LogP contribution in [0.4, 0.5) is 4.79 Å². The molecular formula is C21H26N2O5. The van der Waals surface area contributed by atoms with Crippen LogP contribution in [0.15, 0.2) is 43.1 Å². The first-order valence-corrected chi connectivity index (χ1v) is 9.33. The number of aliphatic hydroxyl groups excluding tert-OH is 1. The van der Waals surface area contributed by atoms with Crippen molar-refractivity contribution in [1.29, 1.82) is 0 Å². The Morgan fingerprint density at radius 2 is 2.14 bits per heavy atom. The van der Waals surface area contributed by atoms with Crippen molar-refractivity contribution >= 4 is 17.1 Å². The maximum atomic E-state index is 11.2. The summed E-state index contributed by atoms with van der Waals surface area (Å²) < 4.78 is 5.35. The molecule has 3 fully saturated rings. The zero-order chi connectivity index (χ0) is 20.3. The summed E-state index contributed by atoms with van der Waals surface area (Å²) in [6.07, 6.45) is 3.79. The van der Waals surface area contributed by atoms with Gasteiger partial charge >= 0.3 is 6.16 Å². The van der Waals surface area contributed by atoms with E-state index in [1.807, 2.05) is 24.3 Å². The van der Waals surface area contributed by atoms with Gasteiger partial charge in [-0.2, -0.15) is 0 Å². The largest absolute Gasteiger partial charge is 0.503 e. The smallest absolute Gasteiger partial charge is 0.497 e. The molecule has 3 N–H and O–H groups in total. The molecule has 0 aliphatic carbocycles. The average Bonchev–Trinajstić information content (AvgIpc) is 2.72. The Hall–Kier alpha value is -2.64. The van der Waals surface area contributed by atoms with Gasteiger partial charge in [0.15, 0.2) is 0 Å². The summed E-state index contributed by atoms with van der Waals surface area (Å²) >= 11 is 0. The Morgan fingerprint density at radius 1 is 1.39 bits per heavy atom. The fourth-order valence-electron chi connectivity index (χ4n) is 4.44. The Balaban J connectivity index is 0.000000516. The summed E-state index contributed by atoms with van der Waals surface area (Å²) in [7, 11) is 1.66. The molecule has 0 amide bonds. The minimum absolute atomic E-state index is 0.178. The standard InChI is InChI=1S/C20H24N2O2.CH2O3/c1-3-13-12-22-9-7-14(13)10-19(22)20(23)16-6-8-21-18-5-4-15(24-2)11-17(16)18;2-1(3)4/h3-6,8,11,13-14,19-20,23H,1,7,9-10,12H2,2H3;(H2,2,3,4)/t13-,14?,19-,20-;/m1./s1. The number of hydrogen-bond acceptors (Lipinski definition) is 5. The maximum absolute atomic E-state index is 11.2. The van der Waals surface area contributed by atoms with Crippen molar-refractivity contribution in [2.45, 2.75) is 25.0 Å². The molecule has 5 atom stereocenters. The van der Waals surface area contributed by atoms with Gasteiger partial charge in [-0.15, -0.1) is 6.58 Å². The number of aliphatic hydroxyl groups is 1. The summed E-state index contributed by atoms with van der Waals surface area (Å²) in [5.74, 6) is 2.01. The second kappa shape index (κ2) is 8.58. The fourth-order valence-corrected chi connectivity index (χ4v) is 4.44. The SMILES string of the molecule is C=C[C@@H]1CN2CCC1C[C@@H]2[C@H](O)c1ccnc2ccc(OC)cc12.O=C(O)O. The molecule has 4 heterocycles. The van der Waals surface area contributed by atoms with E-state index in [2.05, 4.69) is 22.5 Å². The summed E-state index contributed by atoms with van der Waals surface area (Å²) in [5.41, 5.74) is 1.85. The molecule has 0 radical (unpaired) electrons. The van der Waals surface area contributed by atoms with Gasteiger partial charge < -0.3 is 20.1 Å². The fraction of sp³-hybridized carbons (Fsp3) is 0.429. The van der Waals surface area contributed by atoms with Gasteiger partial charge in [-0.25, -0.2) is 4.79 Å². The van der Waals surface area contributed by atoms with E-state index in [0.717, 1.165) is 41.7 Å². The lowest BCUT2D eigenvalue weighted by Crippen LogP contribution is -2.54. The first kappa shape index (κ1) is 20.1. The number of rotatable bonds is 4. The van der Waals surface area contributed by atoms with E-state index >= 15 is 0 Å². The van der Waals surface area contributed by atoms with Crippen molar-refractivity contribution in [3.05, 3.63) is 48.7 Å². The highest BCUT2D eigenvalue weighted by atomic mass is 16.6. The van der Waals surface area contributed by atoms with Gasteiger partial charge in [0.1, 0.15) is 5.75 Å². The van der Waals surface area contributed by atoms with Gasteiger partial charge in [0.2, 0.25) is 0 Å². The number of hydrogen-bond donors (Lipinski definition) is 3. The van der Waals surface area contributed by atoms with Gasteiger partial charge in [-0.05, 0) is 61.1 Å². The molecule has 1 aromatic carbocycles. The van der Waals surface area contributed by atoms with E-state index in [9.17, 15) is 5.11 Å². The normalized spacial score (nSPS) is 26.8. The Kier molecular flexibility index (Phi) is 6.16. The Labute approximate surface area is 163 Å². The van der Waals surface area contributed by atoms with E-state index in [-0.39, 0.29) is 6.04 Å². The predicted octanol–water partition coefficient (Wildman–Crippen LogP) is 3.40. The van der Waals surface area contributed by atoms with Crippen molar-refractivity contribution in [3.8, 4) is 5.75 Å². The Bertz CT molecular complexity index is 852. The molecule has 0 saturated carbocycles. The van der Waals surface area contributed by atoms with Crippen molar-refractivity contribution in [2.24, 2.45) is 11.8 Å².